The molecule has 2 atom stereocenters. The van der Waals surface area contributed by atoms with Crippen LogP contribution in [0.4, 0.5) is 5.69 Å². The Morgan fingerprint density at radius 1 is 1.52 bits per heavy atom. The van der Waals surface area contributed by atoms with Gasteiger partial charge in [0.25, 0.3) is 0 Å². The number of nitrogens with two attached hydrogens (primary N) is 1. The van der Waals surface area contributed by atoms with E-state index in [-0.39, 0.29) is 17.9 Å². The van der Waals surface area contributed by atoms with Gasteiger partial charge in [0.1, 0.15) is 6.04 Å². The first-order chi connectivity index (χ1) is 12.0. The molecule has 0 aliphatic carbocycles. The molecule has 1 aromatic carbocycles. The van der Waals surface area contributed by atoms with E-state index in [0.717, 1.165) is 22.9 Å². The molecule has 0 spiro atoms. The highest BCUT2D eigenvalue weighted by atomic mass is 16.2. The average Bonchev–Trinajstić information content (AvgIpc) is 3.20. The van der Waals surface area contributed by atoms with Crippen molar-refractivity contribution < 1.29 is 9.59 Å². The summed E-state index contributed by atoms with van der Waals surface area (Å²) in [5, 5.41) is 12.8. The van der Waals surface area contributed by atoms with Crippen LogP contribution in [0.3, 0.4) is 0 Å². The topological polar surface area (TPSA) is 115 Å². The fraction of sp³-hybridized carbons (Fsp3) is 0.389. The van der Waals surface area contributed by atoms with Crippen LogP contribution in [0.1, 0.15) is 25.3 Å². The summed E-state index contributed by atoms with van der Waals surface area (Å²) < 4.78 is 0. The Morgan fingerprint density at radius 3 is 3.04 bits per heavy atom. The number of likely N-dealkylation sites (tertiary alicyclic amines) is 1. The van der Waals surface area contributed by atoms with Crippen LogP contribution >= 0.6 is 0 Å². The molecule has 2 unspecified atom stereocenters. The first-order valence-corrected chi connectivity index (χ1v) is 8.33. The molecule has 7 nitrogen and oxygen atoms in total. The van der Waals surface area contributed by atoms with Gasteiger partial charge in [-0.2, -0.15) is 5.26 Å². The SMILES string of the molecule is CC(=O)Nc1ccc2[nH]cc(CC(N)C(=O)N3CCCC3C#N)c2c1. The molecule has 1 aliphatic rings. The van der Waals surface area contributed by atoms with Crippen LogP contribution in [0.15, 0.2) is 24.4 Å². The first-order valence-electron chi connectivity index (χ1n) is 8.33. The van der Waals surface area contributed by atoms with Crippen molar-refractivity contribution in [2.75, 3.05) is 11.9 Å². The van der Waals surface area contributed by atoms with Gasteiger partial charge in [0.05, 0.1) is 12.1 Å². The van der Waals surface area contributed by atoms with Gasteiger partial charge in [0.2, 0.25) is 11.8 Å². The predicted molar refractivity (Wildman–Crippen MR) is 94.6 cm³/mol. The van der Waals surface area contributed by atoms with Crippen molar-refractivity contribution in [2.24, 2.45) is 5.73 Å². The average molecular weight is 339 g/mol. The fourth-order valence-electron chi connectivity index (χ4n) is 3.33. The molecule has 1 saturated heterocycles. The van der Waals surface area contributed by atoms with Crippen molar-refractivity contribution in [3.05, 3.63) is 30.0 Å². The zero-order chi connectivity index (χ0) is 18.0. The molecule has 25 heavy (non-hydrogen) atoms. The Labute approximate surface area is 145 Å². The highest BCUT2D eigenvalue weighted by Gasteiger charge is 2.31. The number of aromatic amines is 1. The number of anilines is 1. The monoisotopic (exact) mass is 339 g/mol. The van der Waals surface area contributed by atoms with Crippen LogP contribution in [0.25, 0.3) is 10.9 Å². The lowest BCUT2D eigenvalue weighted by atomic mass is 10.0. The van der Waals surface area contributed by atoms with Gasteiger partial charge in [-0.05, 0) is 43.0 Å². The first kappa shape index (κ1) is 17.0. The number of carbonyl (C=O) groups is 2. The number of benzene rings is 1. The zero-order valence-corrected chi connectivity index (χ0v) is 14.1. The number of rotatable bonds is 4. The Bertz CT molecular complexity index is 851. The summed E-state index contributed by atoms with van der Waals surface area (Å²) in [6.07, 6.45) is 3.75. The van der Waals surface area contributed by atoms with E-state index < -0.39 is 6.04 Å². The fourth-order valence-corrected chi connectivity index (χ4v) is 3.33. The van der Waals surface area contributed by atoms with Gasteiger partial charge in [0.15, 0.2) is 0 Å². The maximum absolute atomic E-state index is 12.6. The van der Waals surface area contributed by atoms with Crippen LogP contribution < -0.4 is 11.1 Å². The number of fused-ring (bicyclic) bond motifs is 1. The summed E-state index contributed by atoms with van der Waals surface area (Å²) in [6.45, 7) is 2.05. The van der Waals surface area contributed by atoms with Gasteiger partial charge in [0, 0.05) is 36.3 Å². The third-order valence-corrected chi connectivity index (χ3v) is 4.53. The molecule has 4 N–H and O–H groups in total. The van der Waals surface area contributed by atoms with Gasteiger partial charge in [-0.25, -0.2) is 0 Å². The van der Waals surface area contributed by atoms with E-state index in [1.165, 1.54) is 6.92 Å². The van der Waals surface area contributed by atoms with Gasteiger partial charge in [-0.3, -0.25) is 9.59 Å². The molecular formula is C18H21N5O2. The van der Waals surface area contributed by atoms with Crippen LogP contribution in [0, 0.1) is 11.3 Å². The Hall–Kier alpha value is -2.85. The number of nitriles is 1. The smallest absolute Gasteiger partial charge is 0.240 e. The molecule has 0 saturated carbocycles. The van der Waals surface area contributed by atoms with Gasteiger partial charge in [-0.1, -0.05) is 0 Å². The van der Waals surface area contributed by atoms with Gasteiger partial charge < -0.3 is 20.9 Å². The highest BCUT2D eigenvalue weighted by molar-refractivity contribution is 5.94. The summed E-state index contributed by atoms with van der Waals surface area (Å²) in [6, 6.07) is 6.67. The molecule has 1 aromatic heterocycles. The second-order valence-corrected chi connectivity index (χ2v) is 6.38. The van der Waals surface area contributed by atoms with Crippen LogP contribution in [-0.2, 0) is 16.0 Å². The minimum atomic E-state index is -0.697. The number of nitrogens with zero attached hydrogens (tertiary/aromatic N) is 2. The molecule has 130 valence electrons. The van der Waals surface area contributed by atoms with Crippen molar-refractivity contribution >= 4 is 28.4 Å². The molecule has 2 heterocycles. The normalized spacial score (nSPS) is 18.1. The zero-order valence-electron chi connectivity index (χ0n) is 14.1. The summed E-state index contributed by atoms with van der Waals surface area (Å²) >= 11 is 0. The van der Waals surface area contributed by atoms with E-state index in [1.807, 2.05) is 24.4 Å². The summed E-state index contributed by atoms with van der Waals surface area (Å²) in [7, 11) is 0. The molecule has 1 fully saturated rings. The summed E-state index contributed by atoms with van der Waals surface area (Å²) in [5.41, 5.74) is 8.66. The molecular weight excluding hydrogens is 318 g/mol. The van der Waals surface area contributed by atoms with E-state index in [1.54, 1.807) is 4.90 Å². The Kier molecular flexibility index (Phi) is 4.72. The number of nitrogens with one attached hydrogen (secondary N) is 2. The van der Waals surface area contributed by atoms with Crippen LogP contribution in [-0.4, -0.2) is 40.3 Å². The lowest BCUT2D eigenvalue weighted by molar-refractivity contribution is -0.132. The number of hydrogen-bond acceptors (Lipinski definition) is 4. The quantitative estimate of drug-likeness (QED) is 0.783. The molecule has 1 aliphatic heterocycles. The van der Waals surface area contributed by atoms with Crippen molar-refractivity contribution in [2.45, 2.75) is 38.3 Å². The number of hydrogen-bond donors (Lipinski definition) is 3. The largest absolute Gasteiger partial charge is 0.361 e. The van der Waals surface area contributed by atoms with Crippen molar-refractivity contribution in [3.63, 3.8) is 0 Å². The molecule has 0 bridgehead atoms. The van der Waals surface area contributed by atoms with E-state index in [9.17, 15) is 9.59 Å². The van der Waals surface area contributed by atoms with Crippen LogP contribution in [0.2, 0.25) is 0 Å². The maximum Gasteiger partial charge on any atom is 0.240 e. The Morgan fingerprint density at radius 2 is 2.32 bits per heavy atom. The van der Waals surface area contributed by atoms with E-state index in [0.29, 0.717) is 25.1 Å². The molecule has 3 rings (SSSR count). The minimum Gasteiger partial charge on any atom is -0.361 e. The van der Waals surface area contributed by atoms with Crippen LogP contribution in [0.5, 0.6) is 0 Å². The van der Waals surface area contributed by atoms with Crippen molar-refractivity contribution in [1.29, 1.82) is 5.26 Å². The number of H-pyrrole nitrogens is 1. The van der Waals surface area contributed by atoms with Gasteiger partial charge >= 0.3 is 0 Å². The number of aromatic nitrogens is 1. The van der Waals surface area contributed by atoms with E-state index in [4.69, 9.17) is 11.0 Å². The van der Waals surface area contributed by atoms with Crippen molar-refractivity contribution in [3.8, 4) is 6.07 Å². The molecule has 0 radical (unpaired) electrons. The third-order valence-electron chi connectivity index (χ3n) is 4.53. The third kappa shape index (κ3) is 3.49. The number of amides is 2. The predicted octanol–water partition coefficient (Wildman–Crippen LogP) is 1.51. The molecule has 2 amide bonds. The standard InChI is InChI=1S/C18H21N5O2/c1-11(24)22-13-4-5-17-15(8-13)12(10-21-17)7-16(20)18(25)23-6-2-3-14(23)9-19/h4-5,8,10,14,16,21H,2-3,6-7,20H2,1H3,(H,22,24). The lowest BCUT2D eigenvalue weighted by Crippen LogP contribution is -2.46. The summed E-state index contributed by atoms with van der Waals surface area (Å²) in [4.78, 5) is 28.5. The van der Waals surface area contributed by atoms with E-state index in [2.05, 4.69) is 16.4 Å². The number of carbonyl (C=O) groups excluding carboxylic acids is 2. The molecule has 7 heteroatoms. The van der Waals surface area contributed by atoms with E-state index >= 15 is 0 Å². The van der Waals surface area contributed by atoms with Crippen molar-refractivity contribution in [1.82, 2.24) is 9.88 Å². The Balaban J connectivity index is 1.79. The lowest BCUT2D eigenvalue weighted by Gasteiger charge is -2.23. The summed E-state index contributed by atoms with van der Waals surface area (Å²) in [5.74, 6) is -0.323. The van der Waals surface area contributed by atoms with Gasteiger partial charge in [-0.15, -0.1) is 0 Å². The highest BCUT2D eigenvalue weighted by Crippen LogP contribution is 2.24. The second kappa shape index (κ2) is 6.95. The second-order valence-electron chi connectivity index (χ2n) is 6.38. The molecule has 2 aromatic rings. The maximum atomic E-state index is 12.6. The minimum absolute atomic E-state index is 0.139.